The average Bonchev–Trinajstić information content (AvgIpc) is 3.45. The fraction of sp³-hybridized carbons (Fsp3) is 0.379. The van der Waals surface area contributed by atoms with Crippen LogP contribution in [0.3, 0.4) is 0 Å². The molecule has 1 saturated heterocycles. The maximum Gasteiger partial charge on any atom is 0.250 e. The summed E-state index contributed by atoms with van der Waals surface area (Å²) >= 11 is 1.70. The first kappa shape index (κ1) is 25.8. The van der Waals surface area contributed by atoms with Crippen LogP contribution >= 0.6 is 11.3 Å². The lowest BCUT2D eigenvalue weighted by atomic mass is 10.1. The molecule has 5 rings (SSSR count). The number of aliphatic hydroxyl groups excluding tert-OH is 1. The van der Waals surface area contributed by atoms with Gasteiger partial charge in [0.05, 0.1) is 16.3 Å². The third-order valence-corrected chi connectivity index (χ3v) is 13.0. The van der Waals surface area contributed by atoms with Crippen molar-refractivity contribution in [2.45, 2.75) is 58.0 Å². The zero-order valence-electron chi connectivity index (χ0n) is 22.3. The molecule has 6 nitrogen and oxygen atoms in total. The second-order valence-electron chi connectivity index (χ2n) is 11.4. The first-order valence-electron chi connectivity index (χ1n) is 12.9. The third kappa shape index (κ3) is 5.88. The molecule has 0 amide bonds. The second kappa shape index (κ2) is 10.2. The monoisotopic (exact) mass is 532 g/mol. The summed E-state index contributed by atoms with van der Waals surface area (Å²) in [6.45, 7) is 13.9. The van der Waals surface area contributed by atoms with Crippen LogP contribution in [0, 0.1) is 0 Å². The number of benzene rings is 2. The molecule has 8 heteroatoms. The molecule has 1 aliphatic heterocycles. The van der Waals surface area contributed by atoms with Crippen molar-refractivity contribution in [2.24, 2.45) is 0 Å². The normalized spacial score (nSPS) is 16.9. The molecular weight excluding hydrogens is 496 g/mol. The predicted octanol–water partition coefficient (Wildman–Crippen LogP) is 7.05. The third-order valence-electron chi connectivity index (χ3n) is 7.48. The van der Waals surface area contributed by atoms with Crippen LogP contribution in [0.2, 0.25) is 18.1 Å². The van der Waals surface area contributed by atoms with Crippen LogP contribution in [-0.2, 0) is 6.54 Å². The van der Waals surface area contributed by atoms with Gasteiger partial charge in [-0.3, -0.25) is 4.90 Å². The number of fused-ring (bicyclic) bond motifs is 1. The van der Waals surface area contributed by atoms with Crippen LogP contribution in [0.4, 0.5) is 11.5 Å². The molecule has 0 bridgehead atoms. The minimum absolute atomic E-state index is 0.136. The summed E-state index contributed by atoms with van der Waals surface area (Å²) in [5.41, 5.74) is 4.31. The first-order valence-corrected chi connectivity index (χ1v) is 16.6. The highest BCUT2D eigenvalue weighted by atomic mass is 32.1. The number of hydrogen-bond acceptors (Lipinski definition) is 7. The van der Waals surface area contributed by atoms with Gasteiger partial charge in [-0.15, -0.1) is 11.3 Å². The molecule has 4 aromatic rings. The van der Waals surface area contributed by atoms with Gasteiger partial charge in [-0.1, -0.05) is 51.1 Å². The molecule has 1 aliphatic rings. The van der Waals surface area contributed by atoms with E-state index in [1.807, 2.05) is 18.2 Å². The van der Waals surface area contributed by atoms with Crippen LogP contribution in [0.5, 0.6) is 5.75 Å². The van der Waals surface area contributed by atoms with Gasteiger partial charge in [0, 0.05) is 36.3 Å². The Morgan fingerprint density at radius 1 is 1.11 bits per heavy atom. The van der Waals surface area contributed by atoms with Crippen molar-refractivity contribution < 1.29 is 9.53 Å². The van der Waals surface area contributed by atoms with E-state index in [0.29, 0.717) is 0 Å². The summed E-state index contributed by atoms with van der Waals surface area (Å²) in [5.74, 6) is 1.69. The minimum atomic E-state index is -1.92. The smallest absolute Gasteiger partial charge is 0.250 e. The van der Waals surface area contributed by atoms with Crippen molar-refractivity contribution in [1.82, 2.24) is 14.9 Å². The molecular formula is C29H36N4O2SSi. The van der Waals surface area contributed by atoms with Crippen LogP contribution in [0.25, 0.3) is 20.7 Å². The summed E-state index contributed by atoms with van der Waals surface area (Å²) in [6, 6.07) is 19.0. The quantitative estimate of drug-likeness (QED) is 0.249. The van der Waals surface area contributed by atoms with Crippen LogP contribution in [-0.4, -0.2) is 47.5 Å². The van der Waals surface area contributed by atoms with Gasteiger partial charge in [0.15, 0.2) is 5.82 Å². The molecule has 194 valence electrons. The van der Waals surface area contributed by atoms with Gasteiger partial charge in [-0.2, -0.15) is 0 Å². The van der Waals surface area contributed by atoms with Gasteiger partial charge in [0.1, 0.15) is 12.1 Å². The zero-order chi connectivity index (χ0) is 26.2. The number of hydrogen-bond donors (Lipinski definition) is 2. The van der Waals surface area contributed by atoms with Crippen LogP contribution in [0.1, 0.15) is 32.8 Å². The molecule has 2 N–H and O–H groups in total. The Bertz CT molecular complexity index is 1380. The first-order chi connectivity index (χ1) is 17.6. The number of aromatic nitrogens is 2. The SMILES string of the molecule is CC(C)(C)[Si](C)(C)Oc1cccc(Nc2ncnc3cc(-c4ccc(CN5CCC(O)C5)cc4)sc23)c1. The Morgan fingerprint density at radius 2 is 1.89 bits per heavy atom. The Balaban J connectivity index is 1.34. The molecule has 0 aliphatic carbocycles. The van der Waals surface area contributed by atoms with Crippen molar-refractivity contribution in [3.63, 3.8) is 0 Å². The van der Waals surface area contributed by atoms with E-state index in [9.17, 15) is 5.11 Å². The summed E-state index contributed by atoms with van der Waals surface area (Å²) in [4.78, 5) is 12.6. The number of thiophene rings is 1. The standard InChI is InChI=1S/C29H36N4O2SSi/c1-29(2,3)37(4,5)35-24-8-6-7-22(15-24)32-28-27-25(30-19-31-28)16-26(36-27)21-11-9-20(10-12-21)17-33-14-13-23(34)18-33/h6-12,15-16,19,23,34H,13-14,17-18H2,1-5H3,(H,30,31,32). The molecule has 0 spiro atoms. The van der Waals surface area contributed by atoms with E-state index in [1.165, 1.54) is 11.1 Å². The number of likely N-dealkylation sites (tertiary alicyclic amines) is 1. The number of anilines is 2. The summed E-state index contributed by atoms with van der Waals surface area (Å²) in [6.07, 6.45) is 2.30. The molecule has 1 fully saturated rings. The molecule has 2 aromatic carbocycles. The van der Waals surface area contributed by atoms with E-state index >= 15 is 0 Å². The van der Waals surface area contributed by atoms with Gasteiger partial charge in [0.25, 0.3) is 0 Å². The topological polar surface area (TPSA) is 70.5 Å². The van der Waals surface area contributed by atoms with Crippen molar-refractivity contribution in [3.05, 3.63) is 66.5 Å². The van der Waals surface area contributed by atoms with Crippen molar-refractivity contribution in [1.29, 1.82) is 0 Å². The molecule has 1 atom stereocenters. The molecule has 2 aromatic heterocycles. The number of aliphatic hydroxyl groups is 1. The Hall–Kier alpha value is -2.78. The summed E-state index contributed by atoms with van der Waals surface area (Å²) in [7, 11) is -1.92. The average molecular weight is 533 g/mol. The molecule has 0 saturated carbocycles. The van der Waals surface area contributed by atoms with Gasteiger partial charge < -0.3 is 14.8 Å². The Kier molecular flexibility index (Phi) is 7.11. The lowest BCUT2D eigenvalue weighted by molar-refractivity contribution is 0.175. The van der Waals surface area contributed by atoms with Gasteiger partial charge in [-0.05, 0) is 53.9 Å². The number of β-amino-alcohol motifs (C(OH)–C–C–N with tert-alkyl or cyclic N) is 1. The van der Waals surface area contributed by atoms with E-state index in [4.69, 9.17) is 4.43 Å². The minimum Gasteiger partial charge on any atom is -0.543 e. The van der Waals surface area contributed by atoms with E-state index < -0.39 is 8.32 Å². The fourth-order valence-electron chi connectivity index (χ4n) is 4.30. The largest absolute Gasteiger partial charge is 0.543 e. The van der Waals surface area contributed by atoms with E-state index in [2.05, 4.69) is 90.4 Å². The van der Waals surface area contributed by atoms with E-state index in [1.54, 1.807) is 17.7 Å². The van der Waals surface area contributed by atoms with Crippen molar-refractivity contribution in [3.8, 4) is 16.2 Å². The Morgan fingerprint density at radius 3 is 2.59 bits per heavy atom. The maximum atomic E-state index is 9.78. The lowest BCUT2D eigenvalue weighted by Gasteiger charge is -2.36. The lowest BCUT2D eigenvalue weighted by Crippen LogP contribution is -2.43. The number of rotatable bonds is 7. The fourth-order valence-corrected chi connectivity index (χ4v) is 6.38. The van der Waals surface area contributed by atoms with E-state index in [-0.39, 0.29) is 11.1 Å². The summed E-state index contributed by atoms with van der Waals surface area (Å²) in [5, 5.41) is 13.4. The van der Waals surface area contributed by atoms with Gasteiger partial charge in [0.2, 0.25) is 8.32 Å². The highest BCUT2D eigenvalue weighted by Gasteiger charge is 2.39. The second-order valence-corrected chi connectivity index (χ2v) is 17.2. The van der Waals surface area contributed by atoms with E-state index in [0.717, 1.165) is 58.4 Å². The Labute approximate surface area is 224 Å². The molecule has 37 heavy (non-hydrogen) atoms. The van der Waals surface area contributed by atoms with Gasteiger partial charge in [-0.25, -0.2) is 9.97 Å². The summed E-state index contributed by atoms with van der Waals surface area (Å²) < 4.78 is 7.53. The molecule has 1 unspecified atom stereocenters. The van der Waals surface area contributed by atoms with Crippen molar-refractivity contribution in [2.75, 3.05) is 18.4 Å². The maximum absolute atomic E-state index is 9.78. The van der Waals surface area contributed by atoms with Crippen LogP contribution < -0.4 is 9.74 Å². The highest BCUT2D eigenvalue weighted by Crippen LogP contribution is 2.39. The van der Waals surface area contributed by atoms with Gasteiger partial charge >= 0.3 is 0 Å². The van der Waals surface area contributed by atoms with Crippen molar-refractivity contribution >= 4 is 41.4 Å². The van der Waals surface area contributed by atoms with Crippen LogP contribution in [0.15, 0.2) is 60.9 Å². The number of nitrogens with zero attached hydrogens (tertiary/aromatic N) is 3. The molecule has 0 radical (unpaired) electrons. The zero-order valence-corrected chi connectivity index (χ0v) is 24.1. The molecule has 3 heterocycles. The predicted molar refractivity (Wildman–Crippen MR) is 156 cm³/mol. The number of nitrogens with one attached hydrogen (secondary N) is 1. The highest BCUT2D eigenvalue weighted by molar-refractivity contribution is 7.22.